The second-order valence-electron chi connectivity index (χ2n) is 5.07. The van der Waals surface area contributed by atoms with Crippen LogP contribution in [0.25, 0.3) is 10.8 Å². The van der Waals surface area contributed by atoms with Crippen LogP contribution in [-0.4, -0.2) is 5.78 Å². The van der Waals surface area contributed by atoms with Crippen molar-refractivity contribution < 1.29 is 4.79 Å². The molecule has 1 nitrogen and oxygen atoms in total. The summed E-state index contributed by atoms with van der Waals surface area (Å²) in [6.45, 7) is 23.3. The van der Waals surface area contributed by atoms with E-state index in [1.54, 1.807) is 6.08 Å². The summed E-state index contributed by atoms with van der Waals surface area (Å²) in [5.41, 5.74) is 1.69. The minimum Gasteiger partial charge on any atom is -0.293 e. The zero-order valence-electron chi connectivity index (χ0n) is 16.6. The lowest BCUT2D eigenvalue weighted by atomic mass is 9.84. The summed E-state index contributed by atoms with van der Waals surface area (Å²) in [6.07, 6.45) is 1.75. The van der Waals surface area contributed by atoms with E-state index in [-0.39, 0.29) is 11.2 Å². The Balaban J connectivity index is 0. The van der Waals surface area contributed by atoms with Gasteiger partial charge in [-0.25, -0.2) is 0 Å². The highest BCUT2D eigenvalue weighted by molar-refractivity contribution is 6.19. The van der Waals surface area contributed by atoms with Crippen LogP contribution in [0, 0.1) is 0 Å². The number of benzene rings is 2. The molecule has 0 atom stereocenters. The normalized spacial score (nSPS) is 12.0. The number of hydrogen-bond donors (Lipinski definition) is 0. The molecule has 0 bridgehead atoms. The molecule has 24 heavy (non-hydrogen) atoms. The molecule has 0 saturated heterocycles. The Morgan fingerprint density at radius 2 is 1.33 bits per heavy atom. The summed E-state index contributed by atoms with van der Waals surface area (Å²) in [5.74, 6) is 0.245. The molecule has 3 rings (SSSR count). The summed E-state index contributed by atoms with van der Waals surface area (Å²) in [7, 11) is 0. The molecule has 0 unspecified atom stereocenters. The molecule has 1 heteroatoms. The zero-order valence-corrected chi connectivity index (χ0v) is 16.6. The average Bonchev–Trinajstić information content (AvgIpc) is 2.84. The topological polar surface area (TPSA) is 17.1 Å². The van der Waals surface area contributed by atoms with Crippen molar-refractivity contribution in [2.24, 2.45) is 0 Å². The number of ketones is 1. The van der Waals surface area contributed by atoms with Gasteiger partial charge in [-0.1, -0.05) is 70.2 Å². The molecule has 0 radical (unpaired) electrons. The number of allylic oxidation sites excluding steroid dienone is 1. The lowest BCUT2D eigenvalue weighted by Gasteiger charge is -2.16. The van der Waals surface area contributed by atoms with E-state index in [2.05, 4.69) is 37.9 Å². The number of carbonyl (C=O) groups excluding carboxylic acids is 1. The van der Waals surface area contributed by atoms with Gasteiger partial charge in [0.1, 0.15) is 0 Å². The first-order valence-electron chi connectivity index (χ1n) is 8.68. The van der Waals surface area contributed by atoms with Gasteiger partial charge in [-0.2, -0.15) is 0 Å². The molecule has 1 aliphatic rings. The summed E-state index contributed by atoms with van der Waals surface area (Å²) in [4.78, 5) is 12.2. The van der Waals surface area contributed by atoms with Crippen LogP contribution in [0.15, 0.2) is 62.2 Å². The Hall–Kier alpha value is -2.15. The maximum atomic E-state index is 12.2. The van der Waals surface area contributed by atoms with E-state index in [4.69, 9.17) is 0 Å². The highest BCUT2D eigenvalue weighted by Crippen LogP contribution is 2.41. The fraction of sp³-hybridized carbons (Fsp3) is 0.348. The van der Waals surface area contributed by atoms with Gasteiger partial charge in [-0.05, 0) is 37.1 Å². The Kier molecular flexibility index (Phi) is 12.3. The smallest absolute Gasteiger partial charge is 0.173 e. The predicted molar refractivity (Wildman–Crippen MR) is 111 cm³/mol. The van der Waals surface area contributed by atoms with E-state index in [9.17, 15) is 4.79 Å². The van der Waals surface area contributed by atoms with Crippen LogP contribution in [0.2, 0.25) is 0 Å². The Morgan fingerprint density at radius 3 is 1.79 bits per heavy atom. The number of carbonyl (C=O) groups is 1. The van der Waals surface area contributed by atoms with E-state index in [1.165, 1.54) is 10.9 Å². The molecule has 0 N–H and O–H groups in total. The van der Waals surface area contributed by atoms with Crippen LogP contribution in [0.5, 0.6) is 0 Å². The fourth-order valence-electron chi connectivity index (χ4n) is 2.51. The SMILES string of the molecule is C=C.C=CC.CC.CC.CC1(C)C(=O)c2cccc3cccc1c23. The number of Topliss-reactive ketones (excluding diaryl/α,β-unsaturated/α-hetero) is 1. The lowest BCUT2D eigenvalue weighted by molar-refractivity contribution is 0.0920. The maximum absolute atomic E-state index is 12.2. The van der Waals surface area contributed by atoms with Gasteiger partial charge in [0, 0.05) is 5.56 Å². The largest absolute Gasteiger partial charge is 0.293 e. The standard InChI is InChI=1S/C14H12O.C3H6.2C2H6.C2H4/c1-14(2)11-8-4-6-9-5-3-7-10(12(9)11)13(14)15;1-3-2;3*1-2/h3-8H,1-2H3;3H,1H2,2H3;2*1-2H3;1-2H2. The summed E-state index contributed by atoms with van der Waals surface area (Å²) < 4.78 is 0. The maximum Gasteiger partial charge on any atom is 0.173 e. The summed E-state index contributed by atoms with van der Waals surface area (Å²) >= 11 is 0. The second-order valence-corrected chi connectivity index (χ2v) is 5.07. The number of hydrogen-bond acceptors (Lipinski definition) is 1. The first kappa shape index (κ1) is 24.1. The van der Waals surface area contributed by atoms with Crippen LogP contribution in [0.1, 0.15) is 64.4 Å². The van der Waals surface area contributed by atoms with Gasteiger partial charge >= 0.3 is 0 Å². The highest BCUT2D eigenvalue weighted by Gasteiger charge is 2.39. The molecule has 2 aromatic rings. The molecule has 0 spiro atoms. The van der Waals surface area contributed by atoms with Crippen molar-refractivity contribution in [3.8, 4) is 0 Å². The molecule has 1 aliphatic carbocycles. The lowest BCUT2D eigenvalue weighted by Crippen LogP contribution is -2.23. The molecule has 0 aliphatic heterocycles. The first-order valence-corrected chi connectivity index (χ1v) is 8.68. The molecule has 0 saturated carbocycles. The molecule has 0 amide bonds. The van der Waals surface area contributed by atoms with Crippen LogP contribution in [0.4, 0.5) is 0 Å². The van der Waals surface area contributed by atoms with Crippen molar-refractivity contribution in [3.63, 3.8) is 0 Å². The van der Waals surface area contributed by atoms with Crippen LogP contribution in [-0.2, 0) is 5.41 Å². The monoisotopic (exact) mass is 326 g/mol. The van der Waals surface area contributed by atoms with E-state index in [1.807, 2.05) is 66.7 Å². The molecule has 0 heterocycles. The molecule has 0 aromatic heterocycles. The predicted octanol–water partition coefficient (Wildman–Crippen LogP) is 7.36. The molecular formula is C23H34O. The van der Waals surface area contributed by atoms with E-state index in [0.717, 1.165) is 10.9 Å². The van der Waals surface area contributed by atoms with Crippen LogP contribution in [0.3, 0.4) is 0 Å². The van der Waals surface area contributed by atoms with Gasteiger partial charge in [0.2, 0.25) is 0 Å². The van der Waals surface area contributed by atoms with Gasteiger partial charge in [-0.15, -0.1) is 19.7 Å². The fourth-order valence-corrected chi connectivity index (χ4v) is 2.51. The third kappa shape index (κ3) is 4.92. The summed E-state index contributed by atoms with van der Waals surface area (Å²) in [6, 6.07) is 12.1. The number of rotatable bonds is 0. The average molecular weight is 327 g/mol. The van der Waals surface area contributed by atoms with E-state index < -0.39 is 0 Å². The Morgan fingerprint density at radius 1 is 0.917 bits per heavy atom. The van der Waals surface area contributed by atoms with E-state index in [0.29, 0.717) is 0 Å². The van der Waals surface area contributed by atoms with Crippen molar-refractivity contribution in [1.29, 1.82) is 0 Å². The summed E-state index contributed by atoms with van der Waals surface area (Å²) in [5, 5.41) is 2.32. The molecule has 132 valence electrons. The first-order chi connectivity index (χ1) is 11.5. The van der Waals surface area contributed by atoms with Gasteiger partial charge in [0.25, 0.3) is 0 Å². The van der Waals surface area contributed by atoms with Crippen LogP contribution < -0.4 is 0 Å². The van der Waals surface area contributed by atoms with Crippen molar-refractivity contribution in [3.05, 3.63) is 73.3 Å². The van der Waals surface area contributed by atoms with Gasteiger partial charge < -0.3 is 0 Å². The Labute approximate surface area is 149 Å². The molecule has 2 aromatic carbocycles. The van der Waals surface area contributed by atoms with Crippen molar-refractivity contribution in [2.75, 3.05) is 0 Å². The van der Waals surface area contributed by atoms with Gasteiger partial charge in [0.05, 0.1) is 5.41 Å². The van der Waals surface area contributed by atoms with Crippen LogP contribution >= 0.6 is 0 Å². The minimum absolute atomic E-state index is 0.245. The van der Waals surface area contributed by atoms with Crippen molar-refractivity contribution in [2.45, 2.75) is 53.9 Å². The van der Waals surface area contributed by atoms with Gasteiger partial charge in [0.15, 0.2) is 5.78 Å². The zero-order chi connectivity index (χ0) is 19.3. The second kappa shape index (κ2) is 12.3. The molecular weight excluding hydrogens is 292 g/mol. The quantitative estimate of drug-likeness (QED) is 0.462. The molecule has 0 fully saturated rings. The Bertz CT molecular complexity index is 630. The third-order valence-corrected chi connectivity index (χ3v) is 3.39. The van der Waals surface area contributed by atoms with E-state index >= 15 is 0 Å². The van der Waals surface area contributed by atoms with Gasteiger partial charge in [-0.3, -0.25) is 4.79 Å². The third-order valence-electron chi connectivity index (χ3n) is 3.39. The van der Waals surface area contributed by atoms with Crippen molar-refractivity contribution >= 4 is 16.6 Å². The highest BCUT2D eigenvalue weighted by atomic mass is 16.1. The van der Waals surface area contributed by atoms with Crippen molar-refractivity contribution in [1.82, 2.24) is 0 Å². The minimum atomic E-state index is -0.358.